The summed E-state index contributed by atoms with van der Waals surface area (Å²) in [5, 5.41) is 0. The quantitative estimate of drug-likeness (QED) is 0.697. The minimum absolute atomic E-state index is 0.000397. The predicted octanol–water partition coefficient (Wildman–Crippen LogP) is 3.96. The van der Waals surface area contributed by atoms with Gasteiger partial charge in [0, 0.05) is 31.6 Å². The van der Waals surface area contributed by atoms with Crippen molar-refractivity contribution < 1.29 is 9.53 Å². The number of benzene rings is 2. The fourth-order valence-electron chi connectivity index (χ4n) is 5.11. The van der Waals surface area contributed by atoms with Crippen LogP contribution >= 0.6 is 0 Å². The van der Waals surface area contributed by atoms with E-state index < -0.39 is 0 Å². The third kappa shape index (κ3) is 4.71. The number of hydrogen-bond donors (Lipinski definition) is 0. The van der Waals surface area contributed by atoms with Crippen LogP contribution in [0.3, 0.4) is 0 Å². The second kappa shape index (κ2) is 9.10. The normalized spacial score (nSPS) is 22.0. The molecule has 2 fully saturated rings. The largest absolute Gasteiger partial charge is 0.466 e. The van der Waals surface area contributed by atoms with Crippen LogP contribution in [0.5, 0.6) is 0 Å². The van der Waals surface area contributed by atoms with Crippen molar-refractivity contribution in [1.29, 1.82) is 0 Å². The Labute approximate surface area is 174 Å². The van der Waals surface area contributed by atoms with Gasteiger partial charge in [0.2, 0.25) is 0 Å². The molecule has 0 aromatic heterocycles. The van der Waals surface area contributed by atoms with Crippen molar-refractivity contribution in [3.05, 3.63) is 71.8 Å². The van der Waals surface area contributed by atoms with E-state index in [9.17, 15) is 4.79 Å². The van der Waals surface area contributed by atoms with Crippen LogP contribution in [0.1, 0.15) is 30.9 Å². The number of rotatable bonds is 6. The van der Waals surface area contributed by atoms with E-state index in [1.165, 1.54) is 11.1 Å². The lowest BCUT2D eigenvalue weighted by molar-refractivity contribution is -0.152. The first-order valence-electron chi connectivity index (χ1n) is 10.9. The minimum Gasteiger partial charge on any atom is -0.466 e. The third-order valence-electron chi connectivity index (χ3n) is 6.64. The van der Waals surface area contributed by atoms with E-state index in [0.29, 0.717) is 6.61 Å². The summed E-state index contributed by atoms with van der Waals surface area (Å²) >= 11 is 0. The van der Waals surface area contributed by atoms with Gasteiger partial charge in [0.25, 0.3) is 0 Å². The Morgan fingerprint density at radius 3 is 2.03 bits per heavy atom. The van der Waals surface area contributed by atoms with Gasteiger partial charge < -0.3 is 4.74 Å². The zero-order chi connectivity index (χ0) is 20.1. The second-order valence-corrected chi connectivity index (χ2v) is 8.58. The molecule has 2 saturated heterocycles. The zero-order valence-electron chi connectivity index (χ0n) is 17.4. The molecule has 1 atom stereocenters. The van der Waals surface area contributed by atoms with Gasteiger partial charge in [0.1, 0.15) is 0 Å². The van der Waals surface area contributed by atoms with Gasteiger partial charge in [0.15, 0.2) is 0 Å². The van der Waals surface area contributed by atoms with Crippen molar-refractivity contribution in [1.82, 2.24) is 9.80 Å². The summed E-state index contributed by atoms with van der Waals surface area (Å²) in [7, 11) is 0. The van der Waals surface area contributed by atoms with E-state index in [2.05, 4.69) is 70.5 Å². The SMILES string of the molecule is CCOC(=O)C1CN(Cc2ccccc2)CC12CCN(Cc1ccccc1)CC2. The third-order valence-corrected chi connectivity index (χ3v) is 6.64. The maximum Gasteiger partial charge on any atom is 0.310 e. The molecule has 154 valence electrons. The van der Waals surface area contributed by atoms with E-state index in [4.69, 9.17) is 4.74 Å². The molecule has 4 heteroatoms. The first-order valence-corrected chi connectivity index (χ1v) is 10.9. The average molecular weight is 393 g/mol. The van der Waals surface area contributed by atoms with Gasteiger partial charge in [-0.2, -0.15) is 0 Å². The summed E-state index contributed by atoms with van der Waals surface area (Å²) in [4.78, 5) is 17.8. The molecule has 0 amide bonds. The van der Waals surface area contributed by atoms with Crippen LogP contribution in [0.25, 0.3) is 0 Å². The number of piperidine rings is 1. The Morgan fingerprint density at radius 1 is 0.931 bits per heavy atom. The molecule has 0 N–H and O–H groups in total. The minimum atomic E-state index is -0.00922. The van der Waals surface area contributed by atoms with Crippen LogP contribution in [0.2, 0.25) is 0 Å². The van der Waals surface area contributed by atoms with Crippen molar-refractivity contribution in [3.8, 4) is 0 Å². The molecular formula is C25H32N2O2. The Morgan fingerprint density at radius 2 is 1.48 bits per heavy atom. The molecule has 1 spiro atoms. The number of carbonyl (C=O) groups is 1. The Hall–Kier alpha value is -2.17. The molecular weight excluding hydrogens is 360 g/mol. The Balaban J connectivity index is 1.44. The average Bonchev–Trinajstić information content (AvgIpc) is 3.09. The number of likely N-dealkylation sites (tertiary alicyclic amines) is 2. The van der Waals surface area contributed by atoms with E-state index >= 15 is 0 Å². The standard InChI is InChI=1S/C25H32N2O2/c1-2-29-24(28)23-19-27(18-22-11-7-4-8-12-22)20-25(23)13-15-26(16-14-25)17-21-9-5-3-6-10-21/h3-12,23H,2,13-20H2,1H3. The molecule has 2 aliphatic rings. The molecule has 0 bridgehead atoms. The van der Waals surface area contributed by atoms with E-state index in [1.807, 2.05) is 6.92 Å². The van der Waals surface area contributed by atoms with Gasteiger partial charge in [-0.3, -0.25) is 14.6 Å². The Bertz CT molecular complexity index is 785. The predicted molar refractivity (Wildman–Crippen MR) is 115 cm³/mol. The molecule has 2 aromatic carbocycles. The van der Waals surface area contributed by atoms with Gasteiger partial charge >= 0.3 is 5.97 Å². The molecule has 2 heterocycles. The fourth-order valence-corrected chi connectivity index (χ4v) is 5.11. The summed E-state index contributed by atoms with van der Waals surface area (Å²) in [5.41, 5.74) is 2.73. The lowest BCUT2D eigenvalue weighted by Crippen LogP contribution is -2.46. The molecule has 4 rings (SSSR count). The Kier molecular flexibility index (Phi) is 6.31. The maximum atomic E-state index is 12.8. The molecule has 4 nitrogen and oxygen atoms in total. The van der Waals surface area contributed by atoms with Crippen molar-refractivity contribution >= 4 is 5.97 Å². The smallest absolute Gasteiger partial charge is 0.310 e. The zero-order valence-corrected chi connectivity index (χ0v) is 17.4. The van der Waals surface area contributed by atoms with Crippen LogP contribution in [0.15, 0.2) is 60.7 Å². The van der Waals surface area contributed by atoms with Gasteiger partial charge in [0.05, 0.1) is 12.5 Å². The number of nitrogens with zero attached hydrogens (tertiary/aromatic N) is 2. The van der Waals surface area contributed by atoms with Crippen LogP contribution in [-0.4, -0.2) is 48.6 Å². The number of esters is 1. The summed E-state index contributed by atoms with van der Waals surface area (Å²) in [6.45, 7) is 8.17. The number of hydrogen-bond acceptors (Lipinski definition) is 4. The van der Waals surface area contributed by atoms with Gasteiger partial charge in [-0.15, -0.1) is 0 Å². The summed E-state index contributed by atoms with van der Waals surface area (Å²) < 4.78 is 5.50. The summed E-state index contributed by atoms with van der Waals surface area (Å²) in [6.07, 6.45) is 2.13. The molecule has 0 aliphatic carbocycles. The van der Waals surface area contributed by atoms with E-state index in [1.54, 1.807) is 0 Å². The van der Waals surface area contributed by atoms with Crippen LogP contribution in [0.4, 0.5) is 0 Å². The molecule has 0 radical (unpaired) electrons. The van der Waals surface area contributed by atoms with Crippen LogP contribution in [0, 0.1) is 11.3 Å². The highest BCUT2D eigenvalue weighted by Gasteiger charge is 2.51. The van der Waals surface area contributed by atoms with Crippen LogP contribution < -0.4 is 0 Å². The monoisotopic (exact) mass is 392 g/mol. The van der Waals surface area contributed by atoms with Gasteiger partial charge in [-0.05, 0) is 44.0 Å². The molecule has 1 unspecified atom stereocenters. The van der Waals surface area contributed by atoms with Crippen molar-refractivity contribution in [2.45, 2.75) is 32.9 Å². The van der Waals surface area contributed by atoms with Crippen molar-refractivity contribution in [2.75, 3.05) is 32.8 Å². The highest BCUT2D eigenvalue weighted by Crippen LogP contribution is 2.45. The molecule has 2 aromatic rings. The highest BCUT2D eigenvalue weighted by molar-refractivity contribution is 5.74. The van der Waals surface area contributed by atoms with Crippen molar-refractivity contribution in [3.63, 3.8) is 0 Å². The molecule has 0 saturated carbocycles. The number of carbonyl (C=O) groups excluding carboxylic acids is 1. The molecule has 29 heavy (non-hydrogen) atoms. The van der Waals surface area contributed by atoms with Gasteiger partial charge in [-0.25, -0.2) is 0 Å². The fraction of sp³-hybridized carbons (Fsp3) is 0.480. The van der Waals surface area contributed by atoms with Gasteiger partial charge in [-0.1, -0.05) is 60.7 Å². The first-order chi connectivity index (χ1) is 14.2. The van der Waals surface area contributed by atoms with E-state index in [0.717, 1.165) is 52.1 Å². The van der Waals surface area contributed by atoms with Crippen LogP contribution in [-0.2, 0) is 22.6 Å². The number of ether oxygens (including phenoxy) is 1. The molecule has 2 aliphatic heterocycles. The lowest BCUT2D eigenvalue weighted by atomic mass is 9.70. The second-order valence-electron chi connectivity index (χ2n) is 8.58. The first kappa shape index (κ1) is 20.1. The maximum absolute atomic E-state index is 12.8. The summed E-state index contributed by atoms with van der Waals surface area (Å²) in [6, 6.07) is 21.3. The highest BCUT2D eigenvalue weighted by atomic mass is 16.5. The van der Waals surface area contributed by atoms with Crippen molar-refractivity contribution in [2.24, 2.45) is 11.3 Å². The topological polar surface area (TPSA) is 32.8 Å². The summed E-state index contributed by atoms with van der Waals surface area (Å²) in [5.74, 6) is -0.00962. The lowest BCUT2D eigenvalue weighted by Gasteiger charge is -2.42. The van der Waals surface area contributed by atoms with E-state index in [-0.39, 0.29) is 17.3 Å².